The van der Waals surface area contributed by atoms with Crippen molar-refractivity contribution in [1.29, 1.82) is 0 Å². The number of anilines is 1. The Bertz CT molecular complexity index is 583. The zero-order valence-corrected chi connectivity index (χ0v) is 11.5. The van der Waals surface area contributed by atoms with E-state index >= 15 is 0 Å². The number of halogens is 2. The Morgan fingerprint density at radius 3 is 2.72 bits per heavy atom. The number of nitrogens with two attached hydrogens (primary N) is 1. The van der Waals surface area contributed by atoms with Gasteiger partial charge in [-0.2, -0.15) is 0 Å². The topological polar surface area (TPSA) is 52.3 Å². The Labute approximate surface area is 118 Å². The van der Waals surface area contributed by atoms with Gasteiger partial charge in [-0.25, -0.2) is 4.79 Å². The Morgan fingerprint density at radius 1 is 1.33 bits per heavy atom. The van der Waals surface area contributed by atoms with Crippen LogP contribution in [0.5, 0.6) is 0 Å². The maximum atomic E-state index is 11.7. The van der Waals surface area contributed by atoms with Crippen molar-refractivity contribution in [2.24, 2.45) is 0 Å². The SMILES string of the molecule is Nc1ccsc1C(=O)OCc1ccc(Cl)cc1Cl. The first kappa shape index (κ1) is 13.2. The molecular weight excluding hydrogens is 293 g/mol. The number of rotatable bonds is 3. The molecule has 0 aliphatic heterocycles. The van der Waals surface area contributed by atoms with E-state index in [0.29, 0.717) is 26.2 Å². The third kappa shape index (κ3) is 2.96. The fraction of sp³-hybridized carbons (Fsp3) is 0.0833. The van der Waals surface area contributed by atoms with Crippen LogP contribution in [0.1, 0.15) is 15.2 Å². The summed E-state index contributed by atoms with van der Waals surface area (Å²) in [6.45, 7) is 0.0895. The Balaban J connectivity index is 2.04. The summed E-state index contributed by atoms with van der Waals surface area (Å²) >= 11 is 13.0. The zero-order valence-electron chi connectivity index (χ0n) is 9.15. The molecule has 1 heterocycles. The van der Waals surface area contributed by atoms with E-state index in [1.165, 1.54) is 11.3 Å². The molecule has 0 aliphatic carbocycles. The highest BCUT2D eigenvalue weighted by atomic mass is 35.5. The fourth-order valence-corrected chi connectivity index (χ4v) is 2.51. The summed E-state index contributed by atoms with van der Waals surface area (Å²) in [5.41, 5.74) is 6.75. The maximum absolute atomic E-state index is 11.7. The molecule has 94 valence electrons. The van der Waals surface area contributed by atoms with Crippen LogP contribution < -0.4 is 5.73 Å². The number of hydrogen-bond donors (Lipinski definition) is 1. The summed E-state index contributed by atoms with van der Waals surface area (Å²) in [4.78, 5) is 12.1. The summed E-state index contributed by atoms with van der Waals surface area (Å²) in [7, 11) is 0. The molecule has 0 saturated heterocycles. The third-order valence-corrected chi connectivity index (χ3v) is 3.75. The summed E-state index contributed by atoms with van der Waals surface area (Å²) < 4.78 is 5.14. The van der Waals surface area contributed by atoms with Crippen LogP contribution in [0.4, 0.5) is 5.69 Å². The summed E-state index contributed by atoms with van der Waals surface area (Å²) in [5.74, 6) is -0.450. The van der Waals surface area contributed by atoms with Crippen molar-refractivity contribution in [1.82, 2.24) is 0 Å². The molecule has 2 rings (SSSR count). The Hall–Kier alpha value is -1.23. The normalized spacial score (nSPS) is 10.3. The second kappa shape index (κ2) is 5.61. The molecule has 1 aromatic heterocycles. The van der Waals surface area contributed by atoms with E-state index in [4.69, 9.17) is 33.7 Å². The fourth-order valence-electron chi connectivity index (χ4n) is 1.33. The number of esters is 1. The van der Waals surface area contributed by atoms with Gasteiger partial charge in [0.1, 0.15) is 11.5 Å². The van der Waals surface area contributed by atoms with Crippen molar-refractivity contribution in [3.8, 4) is 0 Å². The lowest BCUT2D eigenvalue weighted by atomic mass is 10.2. The second-order valence-electron chi connectivity index (χ2n) is 3.52. The van der Waals surface area contributed by atoms with Crippen LogP contribution in [-0.4, -0.2) is 5.97 Å². The number of hydrogen-bond acceptors (Lipinski definition) is 4. The van der Waals surface area contributed by atoms with Gasteiger partial charge >= 0.3 is 5.97 Å². The van der Waals surface area contributed by atoms with E-state index in [0.717, 1.165) is 0 Å². The van der Waals surface area contributed by atoms with Crippen molar-refractivity contribution in [3.63, 3.8) is 0 Å². The van der Waals surface area contributed by atoms with E-state index in [1.807, 2.05) is 0 Å². The van der Waals surface area contributed by atoms with E-state index in [1.54, 1.807) is 29.6 Å². The predicted molar refractivity (Wildman–Crippen MR) is 74.3 cm³/mol. The van der Waals surface area contributed by atoms with Crippen molar-refractivity contribution < 1.29 is 9.53 Å². The molecule has 18 heavy (non-hydrogen) atoms. The van der Waals surface area contributed by atoms with Gasteiger partial charge in [0.05, 0.1) is 5.69 Å². The van der Waals surface area contributed by atoms with Gasteiger partial charge in [-0.3, -0.25) is 0 Å². The number of carbonyl (C=O) groups excluding carboxylic acids is 1. The van der Waals surface area contributed by atoms with E-state index in [2.05, 4.69) is 0 Å². The predicted octanol–water partition coefficient (Wildman–Crippen LogP) is 3.99. The van der Waals surface area contributed by atoms with Crippen LogP contribution in [0.2, 0.25) is 10.0 Å². The molecule has 3 nitrogen and oxygen atoms in total. The molecule has 0 atom stereocenters. The number of thiophene rings is 1. The molecule has 0 radical (unpaired) electrons. The van der Waals surface area contributed by atoms with Crippen molar-refractivity contribution in [2.75, 3.05) is 5.73 Å². The van der Waals surface area contributed by atoms with Gasteiger partial charge in [0, 0.05) is 15.6 Å². The van der Waals surface area contributed by atoms with Crippen LogP contribution in [-0.2, 0) is 11.3 Å². The highest BCUT2D eigenvalue weighted by Crippen LogP contribution is 2.23. The maximum Gasteiger partial charge on any atom is 0.350 e. The third-order valence-electron chi connectivity index (χ3n) is 2.25. The molecule has 0 saturated carbocycles. The first-order chi connectivity index (χ1) is 8.58. The highest BCUT2D eigenvalue weighted by Gasteiger charge is 2.13. The minimum absolute atomic E-state index is 0.0895. The number of ether oxygens (including phenoxy) is 1. The summed E-state index contributed by atoms with van der Waals surface area (Å²) in [6.07, 6.45) is 0. The first-order valence-electron chi connectivity index (χ1n) is 5.02. The van der Waals surface area contributed by atoms with Crippen molar-refractivity contribution in [2.45, 2.75) is 6.61 Å². The molecular formula is C12H9Cl2NO2S. The number of nitrogen functional groups attached to an aromatic ring is 1. The highest BCUT2D eigenvalue weighted by molar-refractivity contribution is 7.12. The van der Waals surface area contributed by atoms with Gasteiger partial charge in [0.2, 0.25) is 0 Å². The lowest BCUT2D eigenvalue weighted by molar-refractivity contribution is 0.0480. The molecule has 0 amide bonds. The van der Waals surface area contributed by atoms with Crippen LogP contribution in [0.15, 0.2) is 29.6 Å². The monoisotopic (exact) mass is 301 g/mol. The van der Waals surface area contributed by atoms with Gasteiger partial charge in [-0.1, -0.05) is 29.3 Å². The minimum Gasteiger partial charge on any atom is -0.457 e. The molecule has 6 heteroatoms. The molecule has 0 fully saturated rings. The molecule has 0 spiro atoms. The lowest BCUT2D eigenvalue weighted by Gasteiger charge is -2.06. The first-order valence-corrected chi connectivity index (χ1v) is 6.65. The smallest absolute Gasteiger partial charge is 0.350 e. The molecule has 0 bridgehead atoms. The van der Waals surface area contributed by atoms with Gasteiger partial charge in [-0.05, 0) is 23.6 Å². The Morgan fingerprint density at radius 2 is 2.11 bits per heavy atom. The Kier molecular flexibility index (Phi) is 4.11. The van der Waals surface area contributed by atoms with Crippen LogP contribution in [0.25, 0.3) is 0 Å². The van der Waals surface area contributed by atoms with Gasteiger partial charge in [0.15, 0.2) is 0 Å². The van der Waals surface area contributed by atoms with Gasteiger partial charge in [-0.15, -0.1) is 11.3 Å². The molecule has 0 aliphatic rings. The lowest BCUT2D eigenvalue weighted by Crippen LogP contribution is -2.05. The number of benzene rings is 1. The second-order valence-corrected chi connectivity index (χ2v) is 5.28. The molecule has 2 aromatic rings. The van der Waals surface area contributed by atoms with Gasteiger partial charge < -0.3 is 10.5 Å². The average Bonchev–Trinajstić information content (AvgIpc) is 2.74. The number of carbonyl (C=O) groups is 1. The summed E-state index contributed by atoms with van der Waals surface area (Å²) in [5, 5.41) is 2.74. The van der Waals surface area contributed by atoms with E-state index < -0.39 is 5.97 Å². The minimum atomic E-state index is -0.450. The summed E-state index contributed by atoms with van der Waals surface area (Å²) in [6, 6.07) is 6.67. The molecule has 2 N–H and O–H groups in total. The van der Waals surface area contributed by atoms with Crippen LogP contribution in [0.3, 0.4) is 0 Å². The molecule has 0 unspecified atom stereocenters. The van der Waals surface area contributed by atoms with Crippen molar-refractivity contribution in [3.05, 3.63) is 50.1 Å². The molecule has 1 aromatic carbocycles. The quantitative estimate of drug-likeness (QED) is 0.872. The average molecular weight is 302 g/mol. The van der Waals surface area contributed by atoms with Crippen molar-refractivity contribution >= 4 is 46.2 Å². The van der Waals surface area contributed by atoms with E-state index in [9.17, 15) is 4.79 Å². The van der Waals surface area contributed by atoms with Crippen LogP contribution >= 0.6 is 34.5 Å². The standard InChI is InChI=1S/C12H9Cl2NO2S/c13-8-2-1-7(9(14)5-8)6-17-12(16)11-10(15)3-4-18-11/h1-5H,6,15H2. The zero-order chi connectivity index (χ0) is 13.1. The largest absolute Gasteiger partial charge is 0.457 e. The van der Waals surface area contributed by atoms with Gasteiger partial charge in [0.25, 0.3) is 0 Å². The van der Waals surface area contributed by atoms with Crippen LogP contribution in [0, 0.1) is 0 Å². The van der Waals surface area contributed by atoms with E-state index in [-0.39, 0.29) is 6.61 Å².